The molecule has 0 spiro atoms. The van der Waals surface area contributed by atoms with E-state index in [1.807, 2.05) is 24.3 Å². The van der Waals surface area contributed by atoms with Crippen molar-refractivity contribution < 1.29 is 4.11 Å². The van der Waals surface area contributed by atoms with Crippen molar-refractivity contribution in [1.29, 1.82) is 0 Å². The largest absolute Gasteiger partial charge is 0.144 e. The maximum atomic E-state index is 7.70. The maximum absolute atomic E-state index is 7.70. The fourth-order valence-corrected chi connectivity index (χ4v) is 1.74. The van der Waals surface area contributed by atoms with E-state index < -0.39 is 0 Å². The molecule has 0 saturated heterocycles. The first kappa shape index (κ1) is 5.20. The molecule has 1 heterocycles. The van der Waals surface area contributed by atoms with E-state index in [4.69, 9.17) is 4.11 Å². The number of hydrogen-bond acceptors (Lipinski definition) is 1. The van der Waals surface area contributed by atoms with Gasteiger partial charge in [-0.3, -0.25) is 0 Å². The molecule has 0 unspecified atom stereocenters. The van der Waals surface area contributed by atoms with Crippen molar-refractivity contribution in [3.8, 4) is 10.4 Å². The molecule has 0 fully saturated rings. The molecule has 0 aliphatic rings. The van der Waals surface area contributed by atoms with Crippen molar-refractivity contribution in [2.75, 3.05) is 0 Å². The van der Waals surface area contributed by atoms with Gasteiger partial charge in [0.05, 0.1) is 4.11 Å². The van der Waals surface area contributed by atoms with Gasteiger partial charge < -0.3 is 0 Å². The lowest BCUT2D eigenvalue weighted by molar-refractivity contribution is 1.65. The SMILES string of the molecule is [2H]c1sc(-c2ccc(Br)cc2)c([2H])c1[2H]. The van der Waals surface area contributed by atoms with Crippen LogP contribution in [-0.4, -0.2) is 0 Å². The van der Waals surface area contributed by atoms with Gasteiger partial charge in [-0.25, -0.2) is 0 Å². The van der Waals surface area contributed by atoms with E-state index in [0.29, 0.717) is 4.88 Å². The molecule has 0 atom stereocenters. The lowest BCUT2D eigenvalue weighted by atomic mass is 10.2. The van der Waals surface area contributed by atoms with Gasteiger partial charge in [-0.15, -0.1) is 11.3 Å². The van der Waals surface area contributed by atoms with E-state index in [2.05, 4.69) is 15.9 Å². The van der Waals surface area contributed by atoms with Gasteiger partial charge in [0, 0.05) is 9.35 Å². The average Bonchev–Trinajstić information content (AvgIpc) is 2.47. The predicted molar refractivity (Wildman–Crippen MR) is 57.5 cm³/mol. The van der Waals surface area contributed by atoms with E-state index in [-0.39, 0.29) is 17.4 Å². The highest BCUT2D eigenvalue weighted by Crippen LogP contribution is 2.25. The average molecular weight is 242 g/mol. The molecule has 0 radical (unpaired) electrons. The van der Waals surface area contributed by atoms with Gasteiger partial charge >= 0.3 is 0 Å². The second kappa shape index (κ2) is 3.42. The van der Waals surface area contributed by atoms with Crippen LogP contribution < -0.4 is 0 Å². The van der Waals surface area contributed by atoms with Crippen molar-refractivity contribution in [3.05, 3.63) is 46.2 Å². The predicted octanol–water partition coefficient (Wildman–Crippen LogP) is 4.18. The summed E-state index contributed by atoms with van der Waals surface area (Å²) in [5.41, 5.74) is 0.889. The van der Waals surface area contributed by atoms with Gasteiger partial charge in [0.25, 0.3) is 0 Å². The minimum absolute atomic E-state index is 0.0120. The molecular weight excluding hydrogens is 232 g/mol. The second-order valence-electron chi connectivity index (χ2n) is 2.29. The van der Waals surface area contributed by atoms with Gasteiger partial charge in [0.2, 0.25) is 0 Å². The van der Waals surface area contributed by atoms with Crippen LogP contribution in [-0.2, 0) is 0 Å². The quantitative estimate of drug-likeness (QED) is 0.703. The number of hydrogen-bond donors (Lipinski definition) is 0. The summed E-state index contributed by atoms with van der Waals surface area (Å²) >= 11 is 4.51. The highest BCUT2D eigenvalue weighted by atomic mass is 79.9. The number of thiophene rings is 1. The molecule has 0 N–H and O–H groups in total. The molecule has 2 heteroatoms. The molecule has 1 aromatic heterocycles. The molecule has 2 rings (SSSR count). The van der Waals surface area contributed by atoms with Crippen molar-refractivity contribution in [2.24, 2.45) is 0 Å². The first-order chi connectivity index (χ1) is 7.09. The van der Waals surface area contributed by atoms with Crippen LogP contribution in [0.25, 0.3) is 10.4 Å². The fourth-order valence-electron chi connectivity index (χ4n) is 0.917. The molecule has 0 bridgehead atoms. The van der Waals surface area contributed by atoms with Gasteiger partial charge in [0.15, 0.2) is 0 Å². The first-order valence-corrected chi connectivity index (χ1v) is 5.03. The highest BCUT2D eigenvalue weighted by Gasteiger charge is 1.96. The zero-order valence-electron chi connectivity index (χ0n) is 9.10. The Balaban J connectivity index is 2.54. The van der Waals surface area contributed by atoms with Crippen LogP contribution in [0.15, 0.2) is 46.2 Å². The molecule has 1 aromatic carbocycles. The Morgan fingerprint density at radius 1 is 1.25 bits per heavy atom. The van der Waals surface area contributed by atoms with Crippen LogP contribution in [0.3, 0.4) is 0 Å². The number of benzene rings is 1. The number of rotatable bonds is 1. The molecule has 0 nitrogen and oxygen atoms in total. The molecule has 0 amide bonds. The van der Waals surface area contributed by atoms with Gasteiger partial charge in [-0.1, -0.05) is 34.1 Å². The Labute approximate surface area is 88.2 Å². The topological polar surface area (TPSA) is 0 Å². The minimum atomic E-state index is 0.0120. The fraction of sp³-hybridized carbons (Fsp3) is 0. The molecular formula is C10H7BrS. The summed E-state index contributed by atoms with van der Waals surface area (Å²) in [5, 5.41) is 0.151. The highest BCUT2D eigenvalue weighted by molar-refractivity contribution is 9.10. The van der Waals surface area contributed by atoms with Crippen LogP contribution in [0.4, 0.5) is 0 Å². The maximum Gasteiger partial charge on any atom is 0.0740 e. The lowest BCUT2D eigenvalue weighted by Gasteiger charge is -1.95. The first-order valence-electron chi connectivity index (χ1n) is 4.92. The molecule has 60 valence electrons. The summed E-state index contributed by atoms with van der Waals surface area (Å²) in [7, 11) is 0. The monoisotopic (exact) mass is 241 g/mol. The third-order valence-electron chi connectivity index (χ3n) is 1.49. The Morgan fingerprint density at radius 3 is 2.58 bits per heavy atom. The zero-order chi connectivity index (χ0) is 11.0. The molecule has 12 heavy (non-hydrogen) atoms. The Morgan fingerprint density at radius 2 is 2.00 bits per heavy atom. The van der Waals surface area contributed by atoms with Gasteiger partial charge in [0.1, 0.15) is 0 Å². The minimum Gasteiger partial charge on any atom is -0.144 e. The third-order valence-corrected chi connectivity index (χ3v) is 2.76. The van der Waals surface area contributed by atoms with Crippen LogP contribution in [0, 0.1) is 0 Å². The van der Waals surface area contributed by atoms with Crippen molar-refractivity contribution in [3.63, 3.8) is 0 Å². The van der Waals surface area contributed by atoms with Crippen LogP contribution in [0.1, 0.15) is 4.11 Å². The van der Waals surface area contributed by atoms with Crippen molar-refractivity contribution in [2.45, 2.75) is 0 Å². The van der Waals surface area contributed by atoms with E-state index in [9.17, 15) is 0 Å². The smallest absolute Gasteiger partial charge is 0.0740 e. The summed E-state index contributed by atoms with van der Waals surface area (Å²) < 4.78 is 23.6. The van der Waals surface area contributed by atoms with Crippen LogP contribution >= 0.6 is 27.3 Å². The summed E-state index contributed by atoms with van der Waals surface area (Å²) in [5.74, 6) is 0. The molecule has 2 aromatic rings. The van der Waals surface area contributed by atoms with Gasteiger partial charge in [-0.2, -0.15) is 0 Å². The standard InChI is InChI=1S/C10H7BrS/c11-9-5-3-8(4-6-9)10-2-1-7-12-10/h1-7H/i1D,2D,7D. The third kappa shape index (κ3) is 1.59. The van der Waals surface area contributed by atoms with Gasteiger partial charge in [-0.05, 0) is 29.1 Å². The van der Waals surface area contributed by atoms with E-state index in [0.717, 1.165) is 10.0 Å². The number of halogens is 1. The Hall–Kier alpha value is -0.600. The summed E-state index contributed by atoms with van der Waals surface area (Å²) in [6, 6.07) is 7.70. The van der Waals surface area contributed by atoms with E-state index >= 15 is 0 Å². The molecule has 0 aliphatic carbocycles. The second-order valence-corrected chi connectivity index (χ2v) is 4.02. The van der Waals surface area contributed by atoms with Crippen molar-refractivity contribution in [1.82, 2.24) is 0 Å². The van der Waals surface area contributed by atoms with Crippen LogP contribution in [0.2, 0.25) is 0 Å². The summed E-state index contributed by atoms with van der Waals surface area (Å²) in [4.78, 5) is 0.692. The molecule has 0 saturated carbocycles. The van der Waals surface area contributed by atoms with E-state index in [1.54, 1.807) is 0 Å². The Bertz CT molecular complexity index is 490. The lowest BCUT2D eigenvalue weighted by Crippen LogP contribution is -1.69. The van der Waals surface area contributed by atoms with Crippen molar-refractivity contribution >= 4 is 27.3 Å². The summed E-state index contributed by atoms with van der Waals surface area (Å²) in [6.07, 6.45) is 0. The Kier molecular flexibility index (Phi) is 1.48. The summed E-state index contributed by atoms with van der Waals surface area (Å²) in [6.45, 7) is 0. The van der Waals surface area contributed by atoms with E-state index in [1.165, 1.54) is 11.3 Å². The molecule has 0 aliphatic heterocycles. The van der Waals surface area contributed by atoms with Crippen LogP contribution in [0.5, 0.6) is 0 Å². The zero-order valence-corrected chi connectivity index (χ0v) is 8.50. The normalized spacial score (nSPS) is 13.6.